The number of nitriles is 3. The molecule has 0 aliphatic carbocycles. The molecule has 8 heteroatoms. The zero-order valence-electron chi connectivity index (χ0n) is 12.4. The molecule has 1 saturated heterocycles. The van der Waals surface area contributed by atoms with Crippen LogP contribution in [-0.2, 0) is 11.2 Å². The van der Waals surface area contributed by atoms with Crippen molar-refractivity contribution in [2.45, 2.75) is 19.3 Å². The molecule has 1 aromatic rings. The Balaban J connectivity index is 2.45. The van der Waals surface area contributed by atoms with Crippen LogP contribution in [0.2, 0.25) is 0 Å². The van der Waals surface area contributed by atoms with Crippen molar-refractivity contribution >= 4 is 17.5 Å². The number of primary amides is 1. The Hall–Kier alpha value is -3.31. The van der Waals surface area contributed by atoms with Gasteiger partial charge in [-0.3, -0.25) is 4.79 Å². The van der Waals surface area contributed by atoms with Gasteiger partial charge in [0.25, 0.3) is 0 Å². The third-order valence-corrected chi connectivity index (χ3v) is 3.99. The molecule has 0 atom stereocenters. The molecule has 1 aliphatic rings. The lowest BCUT2D eigenvalue weighted by Gasteiger charge is -2.32. The fraction of sp³-hybridized carbons (Fsp3) is 0.400. The molecular formula is C15H15N7O. The summed E-state index contributed by atoms with van der Waals surface area (Å²) in [6.07, 6.45) is 1.04. The maximum Gasteiger partial charge on any atom is 0.220 e. The number of hydrogen-bond acceptors (Lipinski definition) is 7. The standard InChI is InChI=1S/C15H15N7O/c16-4-1-10-11(7-17)13(19)21-15(12(10)8-18)22-5-2-9(3-6-22)14(20)23/h9H,1-3,5-6H2,(H2,19,21)(H2,20,23). The number of rotatable bonds is 3. The van der Waals surface area contributed by atoms with E-state index in [1.165, 1.54) is 0 Å². The second-order valence-corrected chi connectivity index (χ2v) is 5.27. The van der Waals surface area contributed by atoms with Crippen molar-refractivity contribution in [3.8, 4) is 18.2 Å². The molecule has 4 N–H and O–H groups in total. The van der Waals surface area contributed by atoms with E-state index in [9.17, 15) is 15.3 Å². The van der Waals surface area contributed by atoms with Crippen molar-refractivity contribution in [2.75, 3.05) is 23.7 Å². The zero-order valence-corrected chi connectivity index (χ0v) is 12.4. The van der Waals surface area contributed by atoms with Crippen LogP contribution in [0.4, 0.5) is 11.6 Å². The number of piperidine rings is 1. The van der Waals surface area contributed by atoms with E-state index in [2.05, 4.69) is 4.98 Å². The molecule has 2 rings (SSSR count). The molecule has 1 aromatic heterocycles. The lowest BCUT2D eigenvalue weighted by atomic mass is 9.95. The van der Waals surface area contributed by atoms with Crippen LogP contribution in [0, 0.1) is 39.9 Å². The Morgan fingerprint density at radius 3 is 2.30 bits per heavy atom. The van der Waals surface area contributed by atoms with Gasteiger partial charge in [-0.05, 0) is 12.8 Å². The molecule has 0 bridgehead atoms. The number of amides is 1. The number of aromatic nitrogens is 1. The number of pyridine rings is 1. The van der Waals surface area contributed by atoms with Crippen LogP contribution in [0.1, 0.15) is 29.5 Å². The first kappa shape index (κ1) is 16.1. The van der Waals surface area contributed by atoms with Crippen LogP contribution in [0.5, 0.6) is 0 Å². The number of carbonyl (C=O) groups excluding carboxylic acids is 1. The fourth-order valence-electron chi connectivity index (χ4n) is 2.74. The minimum absolute atomic E-state index is 0.00350. The molecule has 0 spiro atoms. The Bertz CT molecular complexity index is 758. The van der Waals surface area contributed by atoms with Crippen molar-refractivity contribution in [2.24, 2.45) is 11.7 Å². The molecule has 0 radical (unpaired) electrons. The third kappa shape index (κ3) is 3.00. The molecule has 1 fully saturated rings. The summed E-state index contributed by atoms with van der Waals surface area (Å²) in [6.45, 7) is 1.01. The lowest BCUT2D eigenvalue weighted by Crippen LogP contribution is -2.39. The van der Waals surface area contributed by atoms with Crippen molar-refractivity contribution < 1.29 is 4.79 Å². The maximum atomic E-state index is 11.2. The quantitative estimate of drug-likeness (QED) is 0.805. The first-order valence-electron chi connectivity index (χ1n) is 7.07. The van der Waals surface area contributed by atoms with E-state index in [1.54, 1.807) is 0 Å². The second-order valence-electron chi connectivity index (χ2n) is 5.27. The molecule has 0 unspecified atom stereocenters. The SMILES string of the molecule is N#CCc1c(C#N)c(N)nc(N2CCC(C(N)=O)CC2)c1C#N. The summed E-state index contributed by atoms with van der Waals surface area (Å²) in [4.78, 5) is 17.3. The normalized spacial score (nSPS) is 14.6. The van der Waals surface area contributed by atoms with Gasteiger partial charge in [0.1, 0.15) is 29.3 Å². The molecule has 0 saturated carbocycles. The van der Waals surface area contributed by atoms with Crippen LogP contribution >= 0.6 is 0 Å². The minimum Gasteiger partial charge on any atom is -0.383 e. The highest BCUT2D eigenvalue weighted by Gasteiger charge is 2.27. The summed E-state index contributed by atoms with van der Waals surface area (Å²) in [6, 6.07) is 5.88. The number of nitrogens with zero attached hydrogens (tertiary/aromatic N) is 5. The number of nitrogens with two attached hydrogens (primary N) is 2. The Kier molecular flexibility index (Phi) is 4.64. The smallest absolute Gasteiger partial charge is 0.220 e. The fourth-order valence-corrected chi connectivity index (χ4v) is 2.74. The molecule has 116 valence electrons. The van der Waals surface area contributed by atoms with Crippen LogP contribution in [0.15, 0.2) is 0 Å². The average Bonchev–Trinajstić information content (AvgIpc) is 2.55. The zero-order chi connectivity index (χ0) is 17.0. The summed E-state index contributed by atoms with van der Waals surface area (Å²) < 4.78 is 0. The Morgan fingerprint density at radius 1 is 1.22 bits per heavy atom. The van der Waals surface area contributed by atoms with E-state index < -0.39 is 0 Å². The molecule has 23 heavy (non-hydrogen) atoms. The Labute approximate surface area is 133 Å². The summed E-state index contributed by atoms with van der Waals surface area (Å²) in [5, 5.41) is 27.6. The average molecular weight is 309 g/mol. The van der Waals surface area contributed by atoms with Gasteiger partial charge >= 0.3 is 0 Å². The van der Waals surface area contributed by atoms with Gasteiger partial charge in [-0.15, -0.1) is 0 Å². The summed E-state index contributed by atoms with van der Waals surface area (Å²) in [5.74, 6) is -0.158. The van der Waals surface area contributed by atoms with Crippen LogP contribution in [0.25, 0.3) is 0 Å². The van der Waals surface area contributed by atoms with Gasteiger partial charge in [0.2, 0.25) is 5.91 Å². The van der Waals surface area contributed by atoms with Gasteiger partial charge in [0.05, 0.1) is 18.1 Å². The highest BCUT2D eigenvalue weighted by atomic mass is 16.1. The third-order valence-electron chi connectivity index (χ3n) is 3.99. The molecule has 8 nitrogen and oxygen atoms in total. The lowest BCUT2D eigenvalue weighted by molar-refractivity contribution is -0.122. The van der Waals surface area contributed by atoms with Crippen molar-refractivity contribution in [1.82, 2.24) is 4.98 Å². The number of nitrogen functional groups attached to an aromatic ring is 1. The minimum atomic E-state index is -0.331. The molecule has 1 aliphatic heterocycles. The van der Waals surface area contributed by atoms with E-state index in [-0.39, 0.29) is 35.2 Å². The van der Waals surface area contributed by atoms with Gasteiger partial charge in [-0.2, -0.15) is 15.8 Å². The molecule has 2 heterocycles. The van der Waals surface area contributed by atoms with Crippen LogP contribution < -0.4 is 16.4 Å². The maximum absolute atomic E-state index is 11.2. The van der Waals surface area contributed by atoms with Crippen molar-refractivity contribution in [1.29, 1.82) is 15.8 Å². The second kappa shape index (κ2) is 6.64. The molecular weight excluding hydrogens is 294 g/mol. The molecule has 0 aromatic carbocycles. The van der Waals surface area contributed by atoms with Crippen LogP contribution in [0.3, 0.4) is 0 Å². The van der Waals surface area contributed by atoms with Crippen LogP contribution in [-0.4, -0.2) is 24.0 Å². The molecule has 1 amide bonds. The van der Waals surface area contributed by atoms with Crippen molar-refractivity contribution in [3.05, 3.63) is 16.7 Å². The van der Waals surface area contributed by atoms with Gasteiger partial charge in [0.15, 0.2) is 0 Å². The summed E-state index contributed by atoms with van der Waals surface area (Å²) >= 11 is 0. The topological polar surface area (TPSA) is 157 Å². The van der Waals surface area contributed by atoms with E-state index in [4.69, 9.17) is 16.7 Å². The van der Waals surface area contributed by atoms with Gasteiger partial charge in [-0.25, -0.2) is 4.98 Å². The van der Waals surface area contributed by atoms with Crippen molar-refractivity contribution in [3.63, 3.8) is 0 Å². The first-order valence-corrected chi connectivity index (χ1v) is 7.07. The highest BCUT2D eigenvalue weighted by Crippen LogP contribution is 2.30. The van der Waals surface area contributed by atoms with Gasteiger partial charge in [-0.1, -0.05) is 0 Å². The predicted molar refractivity (Wildman–Crippen MR) is 81.5 cm³/mol. The van der Waals surface area contributed by atoms with Gasteiger partial charge < -0.3 is 16.4 Å². The van der Waals surface area contributed by atoms with E-state index in [0.29, 0.717) is 37.3 Å². The van der Waals surface area contributed by atoms with Gasteiger partial charge in [0, 0.05) is 24.6 Å². The first-order chi connectivity index (χ1) is 11.0. The highest BCUT2D eigenvalue weighted by molar-refractivity contribution is 5.77. The summed E-state index contributed by atoms with van der Waals surface area (Å²) in [7, 11) is 0. The monoisotopic (exact) mass is 309 g/mol. The van der Waals surface area contributed by atoms with E-state index >= 15 is 0 Å². The number of carbonyl (C=O) groups is 1. The number of anilines is 2. The van der Waals surface area contributed by atoms with E-state index in [1.807, 2.05) is 23.1 Å². The summed E-state index contributed by atoms with van der Waals surface area (Å²) in [5.41, 5.74) is 11.7. The largest absolute Gasteiger partial charge is 0.383 e. The number of hydrogen-bond donors (Lipinski definition) is 2. The van der Waals surface area contributed by atoms with E-state index in [0.717, 1.165) is 0 Å². The predicted octanol–water partition coefficient (Wildman–Crippen LogP) is 0.175. The Morgan fingerprint density at radius 2 is 1.83 bits per heavy atom.